The first-order chi connectivity index (χ1) is 7.29. The number of aryl methyl sites for hydroxylation is 1. The van der Waals surface area contributed by atoms with Gasteiger partial charge in [0, 0.05) is 11.4 Å². The molecular weight excluding hydrogens is 250 g/mol. The zero-order valence-corrected chi connectivity index (χ0v) is 10.3. The Hall–Kier alpha value is -0.910. The molecule has 0 amide bonds. The van der Waals surface area contributed by atoms with Gasteiger partial charge in [0.1, 0.15) is 5.78 Å². The number of halogens is 1. The third kappa shape index (κ3) is 3.92. The highest BCUT2D eigenvalue weighted by molar-refractivity contribution is 7.89. The number of carbonyl (C=O) groups excluding carboxylic acids is 1. The van der Waals surface area contributed by atoms with Crippen molar-refractivity contribution in [1.82, 2.24) is 0 Å². The molecule has 0 aromatic heterocycles. The summed E-state index contributed by atoms with van der Waals surface area (Å²) in [5.74, 6) is 0.0390. The standard InChI is InChI=1S/C10H12ClNO3S/c1-7(13)2-3-8-4-9(11)6-10(5-8)16(12,14)15/h4-6H,2-3H2,1H3,(H2,12,14,15). The lowest BCUT2D eigenvalue weighted by atomic mass is 10.1. The summed E-state index contributed by atoms with van der Waals surface area (Å²) in [7, 11) is -3.76. The Morgan fingerprint density at radius 1 is 1.38 bits per heavy atom. The number of benzene rings is 1. The third-order valence-corrected chi connectivity index (χ3v) is 3.14. The predicted molar refractivity (Wildman–Crippen MR) is 61.8 cm³/mol. The van der Waals surface area contributed by atoms with Crippen LogP contribution in [0.25, 0.3) is 0 Å². The lowest BCUT2D eigenvalue weighted by Crippen LogP contribution is -2.12. The molecule has 0 fully saturated rings. The molecule has 1 aromatic rings. The minimum atomic E-state index is -3.76. The second-order valence-electron chi connectivity index (χ2n) is 3.54. The van der Waals surface area contributed by atoms with Crippen molar-refractivity contribution in [2.24, 2.45) is 5.14 Å². The van der Waals surface area contributed by atoms with Gasteiger partial charge in [-0.25, -0.2) is 13.6 Å². The molecule has 1 rings (SSSR count). The molecule has 88 valence electrons. The molecule has 0 radical (unpaired) electrons. The minimum absolute atomic E-state index is 0.0291. The summed E-state index contributed by atoms with van der Waals surface area (Å²) in [6, 6.07) is 4.34. The largest absolute Gasteiger partial charge is 0.300 e. The molecule has 0 aliphatic heterocycles. The van der Waals surface area contributed by atoms with Crippen molar-refractivity contribution in [1.29, 1.82) is 0 Å². The minimum Gasteiger partial charge on any atom is -0.300 e. The van der Waals surface area contributed by atoms with Crippen LogP contribution in [0.15, 0.2) is 23.1 Å². The van der Waals surface area contributed by atoms with Gasteiger partial charge < -0.3 is 4.79 Å². The fraction of sp³-hybridized carbons (Fsp3) is 0.300. The van der Waals surface area contributed by atoms with Gasteiger partial charge >= 0.3 is 0 Å². The SMILES string of the molecule is CC(=O)CCc1cc(Cl)cc(S(N)(=O)=O)c1. The van der Waals surface area contributed by atoms with Crippen LogP contribution >= 0.6 is 11.6 Å². The molecule has 2 N–H and O–H groups in total. The molecule has 0 heterocycles. The van der Waals surface area contributed by atoms with E-state index in [1.54, 1.807) is 6.07 Å². The number of primary sulfonamides is 1. The molecule has 0 aliphatic carbocycles. The average molecular weight is 262 g/mol. The Morgan fingerprint density at radius 3 is 2.50 bits per heavy atom. The van der Waals surface area contributed by atoms with E-state index in [1.807, 2.05) is 0 Å². The van der Waals surface area contributed by atoms with Crippen LogP contribution in [0.2, 0.25) is 5.02 Å². The van der Waals surface area contributed by atoms with E-state index < -0.39 is 10.0 Å². The van der Waals surface area contributed by atoms with Crippen LogP contribution in [-0.4, -0.2) is 14.2 Å². The van der Waals surface area contributed by atoms with E-state index in [0.717, 1.165) is 0 Å². The predicted octanol–water partition coefficient (Wildman–Crippen LogP) is 1.51. The molecule has 16 heavy (non-hydrogen) atoms. The van der Waals surface area contributed by atoms with Gasteiger partial charge in [-0.15, -0.1) is 0 Å². The molecule has 6 heteroatoms. The molecule has 0 aliphatic rings. The van der Waals surface area contributed by atoms with Crippen molar-refractivity contribution in [2.75, 3.05) is 0 Å². The molecular formula is C10H12ClNO3S. The van der Waals surface area contributed by atoms with Gasteiger partial charge in [-0.3, -0.25) is 0 Å². The highest BCUT2D eigenvalue weighted by atomic mass is 35.5. The summed E-state index contributed by atoms with van der Waals surface area (Å²) in [4.78, 5) is 10.8. The zero-order valence-electron chi connectivity index (χ0n) is 8.73. The maximum absolute atomic E-state index is 11.1. The van der Waals surface area contributed by atoms with Crippen molar-refractivity contribution >= 4 is 27.4 Å². The van der Waals surface area contributed by atoms with E-state index in [9.17, 15) is 13.2 Å². The Balaban J connectivity index is 3.04. The number of Topliss-reactive ketones (excluding diaryl/α,β-unsaturated/α-hetero) is 1. The molecule has 0 spiro atoms. The van der Waals surface area contributed by atoms with E-state index in [-0.39, 0.29) is 10.7 Å². The Labute approximate surface area is 99.5 Å². The van der Waals surface area contributed by atoms with Gasteiger partial charge in [0.05, 0.1) is 4.90 Å². The van der Waals surface area contributed by atoms with E-state index in [4.69, 9.17) is 16.7 Å². The van der Waals surface area contributed by atoms with Gasteiger partial charge in [0.15, 0.2) is 0 Å². The smallest absolute Gasteiger partial charge is 0.238 e. The Bertz CT molecular complexity index is 511. The third-order valence-electron chi connectivity index (χ3n) is 2.03. The number of nitrogens with two attached hydrogens (primary N) is 1. The maximum Gasteiger partial charge on any atom is 0.238 e. The van der Waals surface area contributed by atoms with Crippen LogP contribution in [0.4, 0.5) is 0 Å². The number of hydrogen-bond acceptors (Lipinski definition) is 3. The monoisotopic (exact) mass is 261 g/mol. The molecule has 1 aromatic carbocycles. The number of carbonyl (C=O) groups is 1. The quantitative estimate of drug-likeness (QED) is 0.892. The molecule has 0 atom stereocenters. The Morgan fingerprint density at radius 2 is 2.00 bits per heavy atom. The molecule has 0 unspecified atom stereocenters. The molecule has 0 saturated heterocycles. The lowest BCUT2D eigenvalue weighted by Gasteiger charge is -2.04. The zero-order chi connectivity index (χ0) is 12.3. The fourth-order valence-electron chi connectivity index (χ4n) is 1.25. The van der Waals surface area contributed by atoms with E-state index >= 15 is 0 Å². The van der Waals surface area contributed by atoms with E-state index in [0.29, 0.717) is 23.4 Å². The number of rotatable bonds is 4. The van der Waals surface area contributed by atoms with Gasteiger partial charge in [-0.05, 0) is 37.1 Å². The van der Waals surface area contributed by atoms with Gasteiger partial charge in [-0.1, -0.05) is 11.6 Å². The van der Waals surface area contributed by atoms with Crippen molar-refractivity contribution in [3.05, 3.63) is 28.8 Å². The van der Waals surface area contributed by atoms with E-state index in [1.165, 1.54) is 19.1 Å². The molecule has 0 saturated carbocycles. The van der Waals surface area contributed by atoms with Crippen LogP contribution in [0.3, 0.4) is 0 Å². The lowest BCUT2D eigenvalue weighted by molar-refractivity contribution is -0.116. The maximum atomic E-state index is 11.1. The first-order valence-electron chi connectivity index (χ1n) is 4.61. The summed E-state index contributed by atoms with van der Waals surface area (Å²) in [6.07, 6.45) is 0.808. The van der Waals surface area contributed by atoms with Crippen LogP contribution in [0.1, 0.15) is 18.9 Å². The van der Waals surface area contributed by atoms with Gasteiger partial charge in [-0.2, -0.15) is 0 Å². The fourth-order valence-corrected chi connectivity index (χ4v) is 2.18. The van der Waals surface area contributed by atoms with Crippen molar-refractivity contribution in [2.45, 2.75) is 24.7 Å². The number of sulfonamides is 1. The van der Waals surface area contributed by atoms with Crippen LogP contribution in [0.5, 0.6) is 0 Å². The van der Waals surface area contributed by atoms with Crippen LogP contribution < -0.4 is 5.14 Å². The first kappa shape index (κ1) is 13.2. The molecule has 0 bridgehead atoms. The summed E-state index contributed by atoms with van der Waals surface area (Å²) in [5, 5.41) is 5.29. The van der Waals surface area contributed by atoms with Crippen LogP contribution in [0, 0.1) is 0 Å². The van der Waals surface area contributed by atoms with E-state index in [2.05, 4.69) is 0 Å². The van der Waals surface area contributed by atoms with Gasteiger partial charge in [0.25, 0.3) is 0 Å². The topological polar surface area (TPSA) is 77.2 Å². The molecule has 4 nitrogen and oxygen atoms in total. The van der Waals surface area contributed by atoms with Crippen molar-refractivity contribution < 1.29 is 13.2 Å². The first-order valence-corrected chi connectivity index (χ1v) is 6.53. The average Bonchev–Trinajstić information content (AvgIpc) is 2.12. The van der Waals surface area contributed by atoms with Gasteiger partial charge in [0.2, 0.25) is 10.0 Å². The summed E-state index contributed by atoms with van der Waals surface area (Å²) >= 11 is 5.77. The second-order valence-corrected chi connectivity index (χ2v) is 5.54. The normalized spacial score (nSPS) is 11.4. The summed E-state index contributed by atoms with van der Waals surface area (Å²) in [5.41, 5.74) is 0.687. The summed E-state index contributed by atoms with van der Waals surface area (Å²) in [6.45, 7) is 1.48. The number of ketones is 1. The van der Waals surface area contributed by atoms with Crippen molar-refractivity contribution in [3.63, 3.8) is 0 Å². The van der Waals surface area contributed by atoms with Crippen molar-refractivity contribution in [3.8, 4) is 0 Å². The summed E-state index contributed by atoms with van der Waals surface area (Å²) < 4.78 is 22.3. The number of hydrogen-bond donors (Lipinski definition) is 1. The van der Waals surface area contributed by atoms with Crippen LogP contribution in [-0.2, 0) is 21.2 Å². The highest BCUT2D eigenvalue weighted by Gasteiger charge is 2.10. The second kappa shape index (κ2) is 4.95. The Kier molecular flexibility index (Phi) is 4.07. The highest BCUT2D eigenvalue weighted by Crippen LogP contribution is 2.19.